The molecule has 0 N–H and O–H groups in total. The van der Waals surface area contributed by atoms with Crippen LogP contribution in [0.2, 0.25) is 10.0 Å². The maximum Gasteiger partial charge on any atom is 0.340 e. The van der Waals surface area contributed by atoms with Gasteiger partial charge in [0.1, 0.15) is 0 Å². The van der Waals surface area contributed by atoms with Crippen molar-refractivity contribution in [1.82, 2.24) is 9.47 Å². The number of rotatable bonds is 5. The summed E-state index contributed by atoms with van der Waals surface area (Å²) in [6, 6.07) is 7.42. The summed E-state index contributed by atoms with van der Waals surface area (Å²) in [4.78, 5) is 27.4. The van der Waals surface area contributed by atoms with Crippen molar-refractivity contribution in [1.29, 1.82) is 0 Å². The SMILES string of the molecule is COC(=O)C1=C(C)N(CC(C)C)C(=O)C1=Cc1cc(C)n(-c2ccc(Cl)c(Cl)c2)c1C. The number of nitrogens with zero attached hydrogens (tertiary/aromatic N) is 2. The van der Waals surface area contributed by atoms with Gasteiger partial charge in [-0.3, -0.25) is 4.79 Å². The number of amides is 1. The average Bonchev–Trinajstić information content (AvgIpc) is 3.11. The summed E-state index contributed by atoms with van der Waals surface area (Å²) in [7, 11) is 1.33. The monoisotopic (exact) mass is 460 g/mol. The van der Waals surface area contributed by atoms with Crippen molar-refractivity contribution >= 4 is 41.2 Å². The molecule has 0 saturated heterocycles. The Morgan fingerprint density at radius 3 is 2.39 bits per heavy atom. The van der Waals surface area contributed by atoms with Crippen LogP contribution < -0.4 is 0 Å². The third-order valence-electron chi connectivity index (χ3n) is 5.38. The molecule has 1 aromatic carbocycles. The van der Waals surface area contributed by atoms with E-state index in [1.165, 1.54) is 7.11 Å². The Bertz CT molecular complexity index is 1130. The molecule has 0 saturated carbocycles. The van der Waals surface area contributed by atoms with Crippen molar-refractivity contribution in [2.24, 2.45) is 5.92 Å². The van der Waals surface area contributed by atoms with Gasteiger partial charge in [0, 0.05) is 29.3 Å². The van der Waals surface area contributed by atoms with Crippen LogP contribution in [0.3, 0.4) is 0 Å². The van der Waals surface area contributed by atoms with Crippen molar-refractivity contribution < 1.29 is 14.3 Å². The lowest BCUT2D eigenvalue weighted by atomic mass is 10.0. The van der Waals surface area contributed by atoms with Crippen molar-refractivity contribution in [3.63, 3.8) is 0 Å². The molecule has 2 aromatic rings. The Labute approximate surface area is 192 Å². The normalized spacial score (nSPS) is 15.6. The number of hydrogen-bond acceptors (Lipinski definition) is 3. The second-order valence-corrected chi connectivity index (χ2v) is 8.89. The number of carbonyl (C=O) groups excluding carboxylic acids is 2. The Kier molecular flexibility index (Phi) is 6.68. The van der Waals surface area contributed by atoms with Crippen LogP contribution in [0.1, 0.15) is 37.7 Å². The maximum absolute atomic E-state index is 13.2. The highest BCUT2D eigenvalue weighted by molar-refractivity contribution is 6.42. The number of aromatic nitrogens is 1. The van der Waals surface area contributed by atoms with E-state index in [4.69, 9.17) is 27.9 Å². The highest BCUT2D eigenvalue weighted by Gasteiger charge is 2.37. The van der Waals surface area contributed by atoms with Gasteiger partial charge in [-0.25, -0.2) is 4.79 Å². The van der Waals surface area contributed by atoms with E-state index in [9.17, 15) is 9.59 Å². The van der Waals surface area contributed by atoms with Crippen molar-refractivity contribution in [3.05, 3.63) is 68.1 Å². The number of benzene rings is 1. The molecule has 0 radical (unpaired) electrons. The summed E-state index contributed by atoms with van der Waals surface area (Å²) in [5.41, 5.74) is 4.87. The summed E-state index contributed by atoms with van der Waals surface area (Å²) in [6.45, 7) is 10.3. The standard InChI is InChI=1S/C24H26Cl2N2O3/c1-13(2)12-27-16(5)22(24(30)31-6)19(23(27)29)10-17-9-14(3)28(15(17)4)18-7-8-20(25)21(26)11-18/h7-11,13H,12H2,1-6H3. The zero-order chi connectivity index (χ0) is 23.0. The summed E-state index contributed by atoms with van der Waals surface area (Å²) >= 11 is 12.3. The fourth-order valence-electron chi connectivity index (χ4n) is 3.92. The van der Waals surface area contributed by atoms with E-state index in [0.29, 0.717) is 33.4 Å². The fraction of sp³-hybridized carbons (Fsp3) is 0.333. The minimum Gasteiger partial charge on any atom is -0.465 e. The predicted octanol–water partition coefficient (Wildman–Crippen LogP) is 5.73. The van der Waals surface area contributed by atoms with Gasteiger partial charge in [0.05, 0.1) is 28.3 Å². The minimum atomic E-state index is -0.512. The van der Waals surface area contributed by atoms with Gasteiger partial charge < -0.3 is 14.2 Å². The number of allylic oxidation sites excluding steroid dienone is 1. The molecule has 0 spiro atoms. The van der Waals surface area contributed by atoms with Crippen LogP contribution in [0.25, 0.3) is 11.8 Å². The van der Waals surface area contributed by atoms with Gasteiger partial charge in [-0.15, -0.1) is 0 Å². The summed E-state index contributed by atoms with van der Waals surface area (Å²) in [5, 5.41) is 0.953. The molecule has 1 amide bonds. The molecule has 1 aliphatic rings. The van der Waals surface area contributed by atoms with E-state index >= 15 is 0 Å². The van der Waals surface area contributed by atoms with Gasteiger partial charge in [0.15, 0.2) is 0 Å². The molecule has 2 heterocycles. The number of hydrogen-bond donors (Lipinski definition) is 0. The molecule has 7 heteroatoms. The van der Waals surface area contributed by atoms with Crippen LogP contribution >= 0.6 is 23.2 Å². The Hall–Kier alpha value is -2.50. The van der Waals surface area contributed by atoms with Crippen LogP contribution in [-0.4, -0.2) is 35.0 Å². The smallest absolute Gasteiger partial charge is 0.340 e. The highest BCUT2D eigenvalue weighted by Crippen LogP contribution is 2.34. The summed E-state index contributed by atoms with van der Waals surface area (Å²) in [5.74, 6) is -0.440. The van der Waals surface area contributed by atoms with Crippen molar-refractivity contribution in [3.8, 4) is 5.69 Å². The molecule has 1 aliphatic heterocycles. The molecule has 0 aliphatic carbocycles. The average molecular weight is 461 g/mol. The van der Waals surface area contributed by atoms with E-state index in [1.807, 2.05) is 44.4 Å². The first-order valence-corrected chi connectivity index (χ1v) is 10.8. The van der Waals surface area contributed by atoms with E-state index in [2.05, 4.69) is 0 Å². The number of esters is 1. The Morgan fingerprint density at radius 1 is 1.13 bits per heavy atom. The molecule has 5 nitrogen and oxygen atoms in total. The topological polar surface area (TPSA) is 51.5 Å². The lowest BCUT2D eigenvalue weighted by Gasteiger charge is -2.19. The van der Waals surface area contributed by atoms with Gasteiger partial charge in [-0.05, 0) is 62.6 Å². The predicted molar refractivity (Wildman–Crippen MR) is 125 cm³/mol. The number of ether oxygens (including phenoxy) is 1. The zero-order valence-electron chi connectivity index (χ0n) is 18.5. The van der Waals surface area contributed by atoms with E-state index in [-0.39, 0.29) is 11.8 Å². The number of methoxy groups -OCH3 is 1. The Morgan fingerprint density at radius 2 is 1.81 bits per heavy atom. The van der Waals surface area contributed by atoms with Crippen molar-refractivity contribution in [2.75, 3.05) is 13.7 Å². The number of halogens is 2. The van der Waals surface area contributed by atoms with Gasteiger partial charge >= 0.3 is 5.97 Å². The Balaban J connectivity index is 2.13. The number of carbonyl (C=O) groups is 2. The first kappa shape index (κ1) is 23.2. The molecular weight excluding hydrogens is 435 g/mol. The highest BCUT2D eigenvalue weighted by atomic mass is 35.5. The summed E-state index contributed by atoms with van der Waals surface area (Å²) in [6.07, 6.45) is 1.77. The van der Waals surface area contributed by atoms with Gasteiger partial charge in [-0.2, -0.15) is 0 Å². The van der Waals surface area contributed by atoms with E-state index in [1.54, 1.807) is 30.0 Å². The molecule has 3 rings (SSSR count). The number of aryl methyl sites for hydroxylation is 1. The first-order chi connectivity index (χ1) is 14.6. The van der Waals surface area contributed by atoms with Crippen LogP contribution in [0.4, 0.5) is 0 Å². The first-order valence-electron chi connectivity index (χ1n) is 10.0. The molecule has 0 fully saturated rings. The molecule has 164 valence electrons. The van der Waals surface area contributed by atoms with Crippen LogP contribution in [0.5, 0.6) is 0 Å². The second-order valence-electron chi connectivity index (χ2n) is 8.08. The molecule has 0 unspecified atom stereocenters. The maximum atomic E-state index is 13.2. The van der Waals surface area contributed by atoms with E-state index in [0.717, 1.165) is 22.6 Å². The zero-order valence-corrected chi connectivity index (χ0v) is 20.1. The second kappa shape index (κ2) is 8.93. The third-order valence-corrected chi connectivity index (χ3v) is 6.12. The van der Waals surface area contributed by atoms with E-state index < -0.39 is 5.97 Å². The third kappa shape index (κ3) is 4.30. The molecular formula is C24H26Cl2N2O3. The fourth-order valence-corrected chi connectivity index (χ4v) is 4.22. The van der Waals surface area contributed by atoms with Gasteiger partial charge in [0.25, 0.3) is 5.91 Å². The van der Waals surface area contributed by atoms with Gasteiger partial charge in [0.2, 0.25) is 0 Å². The molecule has 31 heavy (non-hydrogen) atoms. The lowest BCUT2D eigenvalue weighted by Crippen LogP contribution is -2.28. The largest absolute Gasteiger partial charge is 0.465 e. The molecule has 0 atom stereocenters. The van der Waals surface area contributed by atoms with Crippen LogP contribution in [-0.2, 0) is 14.3 Å². The minimum absolute atomic E-state index is 0.189. The van der Waals surface area contributed by atoms with Crippen LogP contribution in [0.15, 0.2) is 41.1 Å². The van der Waals surface area contributed by atoms with Crippen LogP contribution in [0, 0.1) is 19.8 Å². The summed E-state index contributed by atoms with van der Waals surface area (Å²) < 4.78 is 7.01. The lowest BCUT2D eigenvalue weighted by molar-refractivity contribution is -0.136. The van der Waals surface area contributed by atoms with Crippen molar-refractivity contribution in [2.45, 2.75) is 34.6 Å². The van der Waals surface area contributed by atoms with Gasteiger partial charge in [-0.1, -0.05) is 37.0 Å². The quantitative estimate of drug-likeness (QED) is 0.422. The molecule has 1 aromatic heterocycles. The molecule has 0 bridgehead atoms.